The van der Waals surface area contributed by atoms with Crippen LogP contribution in [0.2, 0.25) is 0 Å². The zero-order valence-electron chi connectivity index (χ0n) is 16.4. The van der Waals surface area contributed by atoms with Crippen LogP contribution in [0.15, 0.2) is 48.5 Å². The van der Waals surface area contributed by atoms with Crippen molar-refractivity contribution in [2.24, 2.45) is 0 Å². The number of non-ortho nitro benzene ring substituents is 1. The van der Waals surface area contributed by atoms with E-state index in [4.69, 9.17) is 6.42 Å². The molecule has 5 heteroatoms. The number of anilines is 1. The monoisotopic (exact) mass is 370 g/mol. The normalized spacial score (nSPS) is 13.0. The van der Waals surface area contributed by atoms with Crippen molar-refractivity contribution in [3.05, 3.63) is 70.0 Å². The van der Waals surface area contributed by atoms with Crippen LogP contribution in [-0.4, -0.2) is 10.5 Å². The Morgan fingerprint density at radius 2 is 1.59 bits per heavy atom. The average Bonchev–Trinajstić information content (AvgIpc) is 3.52. The van der Waals surface area contributed by atoms with Crippen LogP contribution in [-0.2, 0) is 6.54 Å². The molecule has 3 rings (SSSR count). The largest absolute Gasteiger partial charge is 0.351 e. The molecule has 0 unspecified atom stereocenters. The molecule has 0 aliphatic heterocycles. The van der Waals surface area contributed by atoms with E-state index in [2.05, 4.69) is 10.8 Å². The van der Waals surface area contributed by atoms with Gasteiger partial charge in [-0.3, -0.25) is 10.1 Å². The first kappa shape index (κ1) is 22.2. The molecular weight excluding hydrogens is 343 g/mol. The van der Waals surface area contributed by atoms with Crippen LogP contribution in [0.1, 0.15) is 46.1 Å². The Hall–Kier alpha value is -2.87. The van der Waals surface area contributed by atoms with Crippen molar-refractivity contribution in [2.45, 2.75) is 52.6 Å². The Morgan fingerprint density at radius 1 is 1.07 bits per heavy atom. The third-order valence-corrected chi connectivity index (χ3v) is 4.14. The minimum atomic E-state index is -0.428. The van der Waals surface area contributed by atoms with Gasteiger partial charge in [0.25, 0.3) is 5.69 Å². The number of halogens is 1. The van der Waals surface area contributed by atoms with Gasteiger partial charge in [-0.2, -0.15) is 0 Å². The lowest BCUT2D eigenvalue weighted by molar-refractivity contribution is -0.384. The molecule has 0 saturated heterocycles. The SMILES string of the molecule is C#CC1(N(Cc2ccc(F)cc2)c2ccc([N+](=O)[O-])cc2)CC1.CC.CC. The quantitative estimate of drug-likeness (QED) is 0.371. The fourth-order valence-electron chi connectivity index (χ4n) is 2.63. The second kappa shape index (κ2) is 10.3. The maximum atomic E-state index is 13.1. The van der Waals surface area contributed by atoms with Crippen molar-refractivity contribution in [1.29, 1.82) is 0 Å². The summed E-state index contributed by atoms with van der Waals surface area (Å²) in [6.45, 7) is 8.53. The lowest BCUT2D eigenvalue weighted by atomic mass is 10.1. The summed E-state index contributed by atoms with van der Waals surface area (Å²) in [4.78, 5) is 12.4. The Bertz CT molecular complexity index is 760. The van der Waals surface area contributed by atoms with Crippen LogP contribution in [0.3, 0.4) is 0 Å². The van der Waals surface area contributed by atoms with E-state index in [9.17, 15) is 14.5 Å². The fourth-order valence-corrected chi connectivity index (χ4v) is 2.63. The minimum absolute atomic E-state index is 0.0426. The molecule has 0 amide bonds. The maximum Gasteiger partial charge on any atom is 0.269 e. The molecule has 1 aliphatic carbocycles. The Balaban J connectivity index is 0.000000855. The summed E-state index contributed by atoms with van der Waals surface area (Å²) in [6.07, 6.45) is 7.46. The van der Waals surface area contributed by atoms with Crippen molar-refractivity contribution in [1.82, 2.24) is 0 Å². The molecule has 0 heterocycles. The van der Waals surface area contributed by atoms with Crippen molar-refractivity contribution < 1.29 is 9.31 Å². The molecule has 2 aromatic carbocycles. The predicted octanol–water partition coefficient (Wildman–Crippen LogP) is 5.96. The first-order chi connectivity index (χ1) is 13.0. The van der Waals surface area contributed by atoms with E-state index < -0.39 is 4.92 Å². The third kappa shape index (κ3) is 5.55. The Kier molecular flexibility index (Phi) is 8.47. The highest BCUT2D eigenvalue weighted by Gasteiger charge is 2.46. The fraction of sp³-hybridized carbons (Fsp3) is 0.364. The molecule has 4 nitrogen and oxygen atoms in total. The third-order valence-electron chi connectivity index (χ3n) is 4.14. The molecule has 144 valence electrons. The Morgan fingerprint density at radius 3 is 2.00 bits per heavy atom. The van der Waals surface area contributed by atoms with Crippen molar-refractivity contribution in [3.63, 3.8) is 0 Å². The molecule has 27 heavy (non-hydrogen) atoms. The number of nitro benzene ring substituents is 1. The van der Waals surface area contributed by atoms with E-state index in [0.29, 0.717) is 6.54 Å². The van der Waals surface area contributed by atoms with Crippen LogP contribution in [0.25, 0.3) is 0 Å². The van der Waals surface area contributed by atoms with Gasteiger partial charge in [-0.05, 0) is 42.7 Å². The van der Waals surface area contributed by atoms with Gasteiger partial charge < -0.3 is 4.90 Å². The summed E-state index contributed by atoms with van der Waals surface area (Å²) >= 11 is 0. The standard InChI is InChI=1S/C18H15FN2O2.2C2H6/c1-2-18(11-12-18)20(13-14-3-5-15(19)6-4-14)16-7-9-17(10-8-16)21(22)23;2*1-2/h1,3-10H,11-13H2;2*1-2H3. The minimum Gasteiger partial charge on any atom is -0.351 e. The van der Waals surface area contributed by atoms with Crippen LogP contribution in [0, 0.1) is 28.3 Å². The van der Waals surface area contributed by atoms with Crippen LogP contribution < -0.4 is 4.90 Å². The molecule has 1 fully saturated rings. The van der Waals surface area contributed by atoms with Crippen LogP contribution in [0.5, 0.6) is 0 Å². The number of hydrogen-bond donors (Lipinski definition) is 0. The summed E-state index contributed by atoms with van der Waals surface area (Å²) in [5.41, 5.74) is 1.45. The smallest absolute Gasteiger partial charge is 0.269 e. The topological polar surface area (TPSA) is 46.4 Å². The summed E-state index contributed by atoms with van der Waals surface area (Å²) < 4.78 is 13.1. The summed E-state index contributed by atoms with van der Waals surface area (Å²) in [6, 6.07) is 12.6. The molecule has 0 radical (unpaired) electrons. The van der Waals surface area contributed by atoms with E-state index in [1.54, 1.807) is 24.3 Å². The number of nitro groups is 1. The number of rotatable bonds is 5. The van der Waals surface area contributed by atoms with E-state index >= 15 is 0 Å². The first-order valence-electron chi connectivity index (χ1n) is 9.28. The van der Waals surface area contributed by atoms with Gasteiger partial charge in [0.15, 0.2) is 0 Å². The van der Waals surface area contributed by atoms with Gasteiger partial charge in [0, 0.05) is 24.4 Å². The molecular formula is C22H27FN2O2. The highest BCUT2D eigenvalue weighted by molar-refractivity contribution is 5.57. The number of nitrogens with zero attached hydrogens (tertiary/aromatic N) is 2. The molecule has 0 N–H and O–H groups in total. The van der Waals surface area contributed by atoms with Crippen molar-refractivity contribution >= 4 is 11.4 Å². The van der Waals surface area contributed by atoms with E-state index in [0.717, 1.165) is 24.1 Å². The molecule has 2 aromatic rings. The Labute approximate surface area is 161 Å². The number of benzene rings is 2. The highest BCUT2D eigenvalue weighted by atomic mass is 19.1. The zero-order chi connectivity index (χ0) is 20.4. The predicted molar refractivity (Wildman–Crippen MR) is 109 cm³/mol. The second-order valence-corrected chi connectivity index (χ2v) is 5.66. The molecule has 0 spiro atoms. The van der Waals surface area contributed by atoms with Gasteiger partial charge in [-0.1, -0.05) is 45.7 Å². The van der Waals surface area contributed by atoms with Crippen molar-refractivity contribution in [3.8, 4) is 12.3 Å². The number of hydrogen-bond acceptors (Lipinski definition) is 3. The lowest BCUT2D eigenvalue weighted by Crippen LogP contribution is -2.35. The molecule has 0 bridgehead atoms. The van der Waals surface area contributed by atoms with Crippen LogP contribution >= 0.6 is 0 Å². The molecule has 0 atom stereocenters. The van der Waals surface area contributed by atoms with E-state index in [-0.39, 0.29) is 17.0 Å². The maximum absolute atomic E-state index is 13.1. The number of terminal acetylenes is 1. The van der Waals surface area contributed by atoms with Crippen LogP contribution in [0.4, 0.5) is 15.8 Å². The molecule has 1 aliphatic rings. The van der Waals surface area contributed by atoms with E-state index in [1.807, 2.05) is 27.7 Å². The second-order valence-electron chi connectivity index (χ2n) is 5.66. The zero-order valence-corrected chi connectivity index (χ0v) is 16.4. The van der Waals surface area contributed by atoms with Gasteiger partial charge in [0.05, 0.1) is 4.92 Å². The van der Waals surface area contributed by atoms with Gasteiger partial charge in [-0.15, -0.1) is 6.42 Å². The lowest BCUT2D eigenvalue weighted by Gasteiger charge is -2.31. The first-order valence-corrected chi connectivity index (χ1v) is 9.28. The summed E-state index contributed by atoms with van der Waals surface area (Å²) in [5.74, 6) is 2.55. The average molecular weight is 370 g/mol. The van der Waals surface area contributed by atoms with Crippen molar-refractivity contribution in [2.75, 3.05) is 4.90 Å². The summed E-state index contributed by atoms with van der Waals surface area (Å²) in [5, 5.41) is 10.8. The van der Waals surface area contributed by atoms with E-state index in [1.165, 1.54) is 24.3 Å². The van der Waals surface area contributed by atoms with Gasteiger partial charge in [0.2, 0.25) is 0 Å². The van der Waals surface area contributed by atoms with Gasteiger partial charge >= 0.3 is 0 Å². The molecule has 1 saturated carbocycles. The summed E-state index contributed by atoms with van der Waals surface area (Å²) in [7, 11) is 0. The highest BCUT2D eigenvalue weighted by Crippen LogP contribution is 2.44. The molecule has 0 aromatic heterocycles. The van der Waals surface area contributed by atoms with Gasteiger partial charge in [0.1, 0.15) is 11.4 Å². The van der Waals surface area contributed by atoms with Gasteiger partial charge in [-0.25, -0.2) is 4.39 Å².